The Morgan fingerprint density at radius 2 is 2.08 bits per heavy atom. The first-order chi connectivity index (χ1) is 11.6. The zero-order chi connectivity index (χ0) is 16.7. The SMILES string of the molecule is Cc1cc(C)n(-c2cncc(NC3CCc4cc(F)ccc43)n2)n1. The van der Waals surface area contributed by atoms with Gasteiger partial charge in [0, 0.05) is 5.69 Å². The number of anilines is 1. The molecule has 1 aliphatic carbocycles. The summed E-state index contributed by atoms with van der Waals surface area (Å²) < 4.78 is 15.1. The van der Waals surface area contributed by atoms with E-state index < -0.39 is 0 Å². The molecule has 1 unspecified atom stereocenters. The summed E-state index contributed by atoms with van der Waals surface area (Å²) >= 11 is 0. The highest BCUT2D eigenvalue weighted by Crippen LogP contribution is 2.33. The number of nitrogens with zero attached hydrogens (tertiary/aromatic N) is 4. The molecule has 0 fully saturated rings. The van der Waals surface area contributed by atoms with Crippen LogP contribution >= 0.6 is 0 Å². The molecular formula is C18H18FN5. The van der Waals surface area contributed by atoms with Crippen molar-refractivity contribution in [3.63, 3.8) is 0 Å². The summed E-state index contributed by atoms with van der Waals surface area (Å²) in [6.45, 7) is 3.94. The van der Waals surface area contributed by atoms with E-state index in [0.29, 0.717) is 11.6 Å². The van der Waals surface area contributed by atoms with Gasteiger partial charge in [0.2, 0.25) is 0 Å². The Labute approximate surface area is 139 Å². The zero-order valence-electron chi connectivity index (χ0n) is 13.6. The largest absolute Gasteiger partial charge is 0.362 e. The molecule has 1 aromatic carbocycles. The molecule has 0 saturated heterocycles. The van der Waals surface area contributed by atoms with Crippen molar-refractivity contribution in [2.45, 2.75) is 32.7 Å². The lowest BCUT2D eigenvalue weighted by molar-refractivity contribution is 0.626. The van der Waals surface area contributed by atoms with Crippen LogP contribution in [0.1, 0.15) is 35.0 Å². The van der Waals surface area contributed by atoms with Gasteiger partial charge in [0.05, 0.1) is 24.1 Å². The van der Waals surface area contributed by atoms with Gasteiger partial charge in [-0.25, -0.2) is 14.1 Å². The molecule has 122 valence electrons. The van der Waals surface area contributed by atoms with E-state index >= 15 is 0 Å². The molecule has 5 nitrogen and oxygen atoms in total. The summed E-state index contributed by atoms with van der Waals surface area (Å²) in [5.41, 5.74) is 4.16. The van der Waals surface area contributed by atoms with Gasteiger partial charge in [-0.3, -0.25) is 4.98 Å². The Balaban J connectivity index is 1.61. The molecule has 2 heterocycles. The van der Waals surface area contributed by atoms with Crippen molar-refractivity contribution in [1.82, 2.24) is 19.7 Å². The van der Waals surface area contributed by atoms with Gasteiger partial charge in [-0.15, -0.1) is 0 Å². The first-order valence-electron chi connectivity index (χ1n) is 8.01. The van der Waals surface area contributed by atoms with Crippen molar-refractivity contribution in [3.8, 4) is 5.82 Å². The van der Waals surface area contributed by atoms with Crippen LogP contribution < -0.4 is 5.32 Å². The Morgan fingerprint density at radius 1 is 1.21 bits per heavy atom. The van der Waals surface area contributed by atoms with Crippen molar-refractivity contribution in [3.05, 3.63) is 65.0 Å². The molecule has 0 radical (unpaired) electrons. The van der Waals surface area contributed by atoms with Crippen molar-refractivity contribution in [2.75, 3.05) is 5.32 Å². The number of nitrogens with one attached hydrogen (secondary N) is 1. The molecule has 0 amide bonds. The third-order valence-electron chi connectivity index (χ3n) is 4.35. The molecule has 24 heavy (non-hydrogen) atoms. The van der Waals surface area contributed by atoms with Gasteiger partial charge in [-0.1, -0.05) is 6.07 Å². The number of rotatable bonds is 3. The molecule has 1 atom stereocenters. The van der Waals surface area contributed by atoms with E-state index in [4.69, 9.17) is 0 Å². The molecule has 2 aromatic heterocycles. The summed E-state index contributed by atoms with van der Waals surface area (Å²) in [5, 5.41) is 7.86. The number of aryl methyl sites for hydroxylation is 3. The van der Waals surface area contributed by atoms with Crippen molar-refractivity contribution < 1.29 is 4.39 Å². The van der Waals surface area contributed by atoms with Gasteiger partial charge in [0.1, 0.15) is 11.6 Å². The third kappa shape index (κ3) is 2.64. The molecule has 6 heteroatoms. The predicted molar refractivity (Wildman–Crippen MR) is 89.7 cm³/mol. The second-order valence-electron chi connectivity index (χ2n) is 6.18. The number of halogens is 1. The average Bonchev–Trinajstić information content (AvgIpc) is 3.10. The van der Waals surface area contributed by atoms with E-state index in [1.54, 1.807) is 23.1 Å². The van der Waals surface area contributed by atoms with Crippen LogP contribution in [0, 0.1) is 19.7 Å². The minimum absolute atomic E-state index is 0.130. The minimum Gasteiger partial charge on any atom is -0.362 e. The average molecular weight is 323 g/mol. The van der Waals surface area contributed by atoms with Gasteiger partial charge in [-0.2, -0.15) is 5.10 Å². The van der Waals surface area contributed by atoms with E-state index in [0.717, 1.165) is 35.4 Å². The molecule has 0 saturated carbocycles. The molecule has 0 spiro atoms. The fourth-order valence-electron chi connectivity index (χ4n) is 3.30. The van der Waals surface area contributed by atoms with Gasteiger partial charge < -0.3 is 5.32 Å². The highest BCUT2D eigenvalue weighted by atomic mass is 19.1. The Kier molecular flexibility index (Phi) is 3.52. The number of fused-ring (bicyclic) bond motifs is 1. The molecular weight excluding hydrogens is 305 g/mol. The maximum absolute atomic E-state index is 13.3. The first-order valence-corrected chi connectivity index (χ1v) is 8.01. The van der Waals surface area contributed by atoms with Gasteiger partial charge in [0.25, 0.3) is 0 Å². The number of benzene rings is 1. The van der Waals surface area contributed by atoms with Crippen LogP contribution in [0.3, 0.4) is 0 Å². The lowest BCUT2D eigenvalue weighted by Crippen LogP contribution is -2.11. The smallest absolute Gasteiger partial charge is 0.174 e. The summed E-state index contributed by atoms with van der Waals surface area (Å²) in [4.78, 5) is 8.90. The Morgan fingerprint density at radius 3 is 2.88 bits per heavy atom. The normalized spacial score (nSPS) is 16.2. The minimum atomic E-state index is -0.180. The van der Waals surface area contributed by atoms with Crippen LogP contribution in [0.25, 0.3) is 5.82 Å². The van der Waals surface area contributed by atoms with Gasteiger partial charge >= 0.3 is 0 Å². The molecule has 1 aliphatic rings. The number of hydrogen-bond donors (Lipinski definition) is 1. The maximum atomic E-state index is 13.3. The quantitative estimate of drug-likeness (QED) is 0.801. The van der Waals surface area contributed by atoms with Crippen LogP contribution in [0.15, 0.2) is 36.7 Å². The fourth-order valence-corrected chi connectivity index (χ4v) is 3.30. The molecule has 0 aliphatic heterocycles. The lowest BCUT2D eigenvalue weighted by atomic mass is 10.1. The van der Waals surface area contributed by atoms with Crippen molar-refractivity contribution >= 4 is 5.82 Å². The van der Waals surface area contributed by atoms with E-state index in [1.807, 2.05) is 26.0 Å². The van der Waals surface area contributed by atoms with Crippen LogP contribution in [0.5, 0.6) is 0 Å². The highest BCUT2D eigenvalue weighted by molar-refractivity contribution is 5.44. The van der Waals surface area contributed by atoms with Crippen molar-refractivity contribution in [1.29, 1.82) is 0 Å². The first kappa shape index (κ1) is 14.8. The summed E-state index contributed by atoms with van der Waals surface area (Å²) in [5.74, 6) is 1.20. The van der Waals surface area contributed by atoms with E-state index in [1.165, 1.54) is 6.07 Å². The molecule has 1 N–H and O–H groups in total. The monoisotopic (exact) mass is 323 g/mol. The molecule has 0 bridgehead atoms. The Hall–Kier alpha value is -2.76. The van der Waals surface area contributed by atoms with Gasteiger partial charge in [0.15, 0.2) is 5.82 Å². The maximum Gasteiger partial charge on any atom is 0.174 e. The van der Waals surface area contributed by atoms with E-state index in [-0.39, 0.29) is 11.9 Å². The standard InChI is InChI=1S/C18H18FN5/c1-11-7-12(2)24(23-11)18-10-20-9-17(22-18)21-16-6-3-13-8-14(19)4-5-15(13)16/h4-5,7-10,16H,3,6H2,1-2H3,(H,21,22). The van der Waals surface area contributed by atoms with E-state index in [2.05, 4.69) is 20.4 Å². The van der Waals surface area contributed by atoms with Gasteiger partial charge in [-0.05, 0) is 56.0 Å². The lowest BCUT2D eigenvalue weighted by Gasteiger charge is -2.15. The molecule has 4 rings (SSSR count). The second-order valence-corrected chi connectivity index (χ2v) is 6.18. The topological polar surface area (TPSA) is 55.6 Å². The zero-order valence-corrected chi connectivity index (χ0v) is 13.6. The summed E-state index contributed by atoms with van der Waals surface area (Å²) in [6.07, 6.45) is 5.19. The second kappa shape index (κ2) is 5.70. The third-order valence-corrected chi connectivity index (χ3v) is 4.35. The summed E-state index contributed by atoms with van der Waals surface area (Å²) in [7, 11) is 0. The van der Waals surface area contributed by atoms with Crippen LogP contribution in [-0.2, 0) is 6.42 Å². The van der Waals surface area contributed by atoms with Crippen LogP contribution in [-0.4, -0.2) is 19.7 Å². The predicted octanol–water partition coefficient (Wildman–Crippen LogP) is 3.52. The van der Waals surface area contributed by atoms with Crippen molar-refractivity contribution in [2.24, 2.45) is 0 Å². The van der Waals surface area contributed by atoms with Crippen LogP contribution in [0.4, 0.5) is 10.2 Å². The highest BCUT2D eigenvalue weighted by Gasteiger charge is 2.23. The summed E-state index contributed by atoms with van der Waals surface area (Å²) in [6, 6.07) is 7.12. The molecule has 3 aromatic rings. The van der Waals surface area contributed by atoms with E-state index in [9.17, 15) is 4.39 Å². The van der Waals surface area contributed by atoms with Crippen LogP contribution in [0.2, 0.25) is 0 Å². The Bertz CT molecular complexity index is 902. The fraction of sp³-hybridized carbons (Fsp3) is 0.278. The number of hydrogen-bond acceptors (Lipinski definition) is 4. The number of aromatic nitrogens is 4.